The van der Waals surface area contributed by atoms with Crippen LogP contribution < -0.4 is 5.73 Å². The summed E-state index contributed by atoms with van der Waals surface area (Å²) >= 11 is 0. The van der Waals surface area contributed by atoms with Crippen LogP contribution in [0.25, 0.3) is 0 Å². The van der Waals surface area contributed by atoms with Crippen molar-refractivity contribution >= 4 is 0 Å². The van der Waals surface area contributed by atoms with E-state index in [2.05, 4.69) is 13.8 Å². The predicted octanol–water partition coefficient (Wildman–Crippen LogP) is 1.93. The third-order valence-electron chi connectivity index (χ3n) is 1.73. The van der Waals surface area contributed by atoms with Crippen LogP contribution in [0.1, 0.15) is 40.5 Å². The van der Waals surface area contributed by atoms with Gasteiger partial charge in [0.05, 0.1) is 11.7 Å². The highest BCUT2D eigenvalue weighted by Gasteiger charge is 2.22. The first kappa shape index (κ1) is 10.9. The van der Waals surface area contributed by atoms with Gasteiger partial charge in [0.25, 0.3) is 0 Å². The normalized spacial score (nSPS) is 16.9. The van der Waals surface area contributed by atoms with E-state index < -0.39 is 0 Å². The maximum atomic E-state index is 5.70. The first-order valence-corrected chi connectivity index (χ1v) is 4.42. The average Bonchev–Trinajstić information content (AvgIpc) is 1.87. The van der Waals surface area contributed by atoms with Gasteiger partial charge in [-0.25, -0.2) is 0 Å². The minimum atomic E-state index is -0.108. The summed E-state index contributed by atoms with van der Waals surface area (Å²) in [5.41, 5.74) is 5.51. The fourth-order valence-electron chi connectivity index (χ4n) is 1.31. The Labute approximate surface area is 70.1 Å². The van der Waals surface area contributed by atoms with Crippen LogP contribution in [0.4, 0.5) is 0 Å². The lowest BCUT2D eigenvalue weighted by molar-refractivity contribution is -0.0668. The topological polar surface area (TPSA) is 35.2 Å². The maximum absolute atomic E-state index is 5.70. The Balaban J connectivity index is 3.87. The summed E-state index contributed by atoms with van der Waals surface area (Å²) < 4.78 is 5.70. The summed E-state index contributed by atoms with van der Waals surface area (Å²) in [6.07, 6.45) is 2.44. The van der Waals surface area contributed by atoms with E-state index in [0.717, 1.165) is 12.8 Å². The summed E-state index contributed by atoms with van der Waals surface area (Å²) in [7, 11) is 0. The molecule has 0 fully saturated rings. The molecule has 68 valence electrons. The Hall–Kier alpha value is -0.0800. The molecule has 0 saturated carbocycles. The van der Waals surface area contributed by atoms with Gasteiger partial charge in [0.2, 0.25) is 0 Å². The van der Waals surface area contributed by atoms with Crippen LogP contribution in [0.15, 0.2) is 0 Å². The van der Waals surface area contributed by atoms with E-state index in [4.69, 9.17) is 10.5 Å². The molecular weight excluding hydrogens is 138 g/mol. The van der Waals surface area contributed by atoms with Gasteiger partial charge in [0.15, 0.2) is 0 Å². The standard InChI is InChI=1S/C9H21NO/c1-5-6-9(4,7-10)11-8(2)3/h8H,5-7,10H2,1-4H3. The van der Waals surface area contributed by atoms with Crippen molar-refractivity contribution in [1.82, 2.24) is 0 Å². The molecule has 2 nitrogen and oxygen atoms in total. The summed E-state index contributed by atoms with van der Waals surface area (Å²) in [5.74, 6) is 0. The van der Waals surface area contributed by atoms with Crippen LogP contribution >= 0.6 is 0 Å². The molecule has 2 heteroatoms. The fourth-order valence-corrected chi connectivity index (χ4v) is 1.31. The third-order valence-corrected chi connectivity index (χ3v) is 1.73. The second kappa shape index (κ2) is 4.73. The van der Waals surface area contributed by atoms with Crippen LogP contribution in [0.2, 0.25) is 0 Å². The molecule has 0 aromatic rings. The zero-order valence-corrected chi connectivity index (χ0v) is 8.18. The van der Waals surface area contributed by atoms with Crippen molar-refractivity contribution in [3.8, 4) is 0 Å². The monoisotopic (exact) mass is 159 g/mol. The molecule has 0 aliphatic rings. The van der Waals surface area contributed by atoms with E-state index in [1.807, 2.05) is 13.8 Å². The Morgan fingerprint density at radius 3 is 2.27 bits per heavy atom. The predicted molar refractivity (Wildman–Crippen MR) is 48.6 cm³/mol. The lowest BCUT2D eigenvalue weighted by Gasteiger charge is -2.30. The van der Waals surface area contributed by atoms with E-state index in [1.165, 1.54) is 0 Å². The Bertz CT molecular complexity index is 104. The molecule has 0 rings (SSSR count). The summed E-state index contributed by atoms with van der Waals surface area (Å²) in [6.45, 7) is 8.93. The van der Waals surface area contributed by atoms with Crippen LogP contribution in [-0.4, -0.2) is 18.2 Å². The van der Waals surface area contributed by atoms with Gasteiger partial charge in [-0.3, -0.25) is 0 Å². The van der Waals surface area contributed by atoms with Gasteiger partial charge < -0.3 is 10.5 Å². The summed E-state index contributed by atoms with van der Waals surface area (Å²) in [6, 6.07) is 0. The second-order valence-electron chi connectivity index (χ2n) is 3.57. The smallest absolute Gasteiger partial charge is 0.0779 e. The lowest BCUT2D eigenvalue weighted by Crippen LogP contribution is -2.39. The lowest BCUT2D eigenvalue weighted by atomic mass is 10.0. The van der Waals surface area contributed by atoms with E-state index in [9.17, 15) is 0 Å². The highest BCUT2D eigenvalue weighted by atomic mass is 16.5. The minimum Gasteiger partial charge on any atom is -0.371 e. The number of ether oxygens (including phenoxy) is 1. The Morgan fingerprint density at radius 2 is 2.00 bits per heavy atom. The molecule has 0 heterocycles. The van der Waals surface area contributed by atoms with Gasteiger partial charge in [-0.1, -0.05) is 13.3 Å². The van der Waals surface area contributed by atoms with Crippen molar-refractivity contribution in [3.05, 3.63) is 0 Å². The number of hydrogen-bond acceptors (Lipinski definition) is 2. The minimum absolute atomic E-state index is 0.108. The molecule has 0 aromatic carbocycles. The van der Waals surface area contributed by atoms with Crippen LogP contribution in [0, 0.1) is 0 Å². The summed E-state index contributed by atoms with van der Waals surface area (Å²) in [5, 5.41) is 0. The van der Waals surface area contributed by atoms with Gasteiger partial charge in [-0.15, -0.1) is 0 Å². The maximum Gasteiger partial charge on any atom is 0.0779 e. The van der Waals surface area contributed by atoms with Crippen molar-refractivity contribution in [3.63, 3.8) is 0 Å². The molecule has 0 aliphatic heterocycles. The van der Waals surface area contributed by atoms with Crippen molar-refractivity contribution < 1.29 is 4.74 Å². The Morgan fingerprint density at radius 1 is 1.45 bits per heavy atom. The average molecular weight is 159 g/mol. The zero-order valence-electron chi connectivity index (χ0n) is 8.18. The molecule has 0 aromatic heterocycles. The molecule has 0 aliphatic carbocycles. The highest BCUT2D eigenvalue weighted by molar-refractivity contribution is 4.76. The number of hydrogen-bond donors (Lipinski definition) is 1. The first-order chi connectivity index (χ1) is 5.04. The van der Waals surface area contributed by atoms with E-state index in [1.54, 1.807) is 0 Å². The van der Waals surface area contributed by atoms with E-state index in [0.29, 0.717) is 6.54 Å². The molecule has 0 spiro atoms. The van der Waals surface area contributed by atoms with E-state index in [-0.39, 0.29) is 11.7 Å². The highest BCUT2D eigenvalue weighted by Crippen LogP contribution is 2.17. The zero-order chi connectivity index (χ0) is 8.91. The SMILES string of the molecule is CCCC(C)(CN)OC(C)C. The molecule has 0 amide bonds. The van der Waals surface area contributed by atoms with Gasteiger partial charge in [-0.05, 0) is 27.2 Å². The molecular formula is C9H21NO. The van der Waals surface area contributed by atoms with Crippen LogP contribution in [-0.2, 0) is 4.74 Å². The van der Waals surface area contributed by atoms with Crippen molar-refractivity contribution in [2.24, 2.45) is 5.73 Å². The summed E-state index contributed by atoms with van der Waals surface area (Å²) in [4.78, 5) is 0. The van der Waals surface area contributed by atoms with Gasteiger partial charge in [0.1, 0.15) is 0 Å². The molecule has 1 unspecified atom stereocenters. The van der Waals surface area contributed by atoms with Crippen LogP contribution in [0.3, 0.4) is 0 Å². The molecule has 11 heavy (non-hydrogen) atoms. The van der Waals surface area contributed by atoms with Crippen molar-refractivity contribution in [1.29, 1.82) is 0 Å². The van der Waals surface area contributed by atoms with Crippen LogP contribution in [0.5, 0.6) is 0 Å². The Kier molecular flexibility index (Phi) is 4.69. The van der Waals surface area contributed by atoms with Crippen molar-refractivity contribution in [2.75, 3.05) is 6.54 Å². The first-order valence-electron chi connectivity index (χ1n) is 4.42. The largest absolute Gasteiger partial charge is 0.371 e. The molecule has 0 saturated heterocycles. The van der Waals surface area contributed by atoms with Gasteiger partial charge in [0, 0.05) is 6.54 Å². The van der Waals surface area contributed by atoms with E-state index >= 15 is 0 Å². The fraction of sp³-hybridized carbons (Fsp3) is 1.00. The molecule has 2 N–H and O–H groups in total. The molecule has 0 radical (unpaired) electrons. The second-order valence-corrected chi connectivity index (χ2v) is 3.57. The van der Waals surface area contributed by atoms with Gasteiger partial charge in [-0.2, -0.15) is 0 Å². The van der Waals surface area contributed by atoms with Crippen molar-refractivity contribution in [2.45, 2.75) is 52.2 Å². The number of rotatable bonds is 5. The number of nitrogens with two attached hydrogens (primary N) is 1. The quantitative estimate of drug-likeness (QED) is 0.665. The van der Waals surface area contributed by atoms with Gasteiger partial charge >= 0.3 is 0 Å². The molecule has 0 bridgehead atoms. The molecule has 1 atom stereocenters. The third kappa shape index (κ3) is 4.38.